The maximum atomic E-state index is 12.6. The number of likely N-dealkylation sites (N-methyl/N-ethyl adjacent to an activating group) is 1. The molecule has 0 amide bonds. The van der Waals surface area contributed by atoms with Gasteiger partial charge in [0.2, 0.25) is 0 Å². The maximum Gasteiger partial charge on any atom is 0.362 e. The first-order chi connectivity index (χ1) is 24.6. The fourth-order valence-corrected chi connectivity index (χ4v) is 4.87. The van der Waals surface area contributed by atoms with Crippen molar-refractivity contribution in [2.24, 2.45) is 0 Å². The van der Waals surface area contributed by atoms with Crippen LogP contribution < -0.4 is 0 Å². The minimum absolute atomic E-state index is 0.0249. The van der Waals surface area contributed by atoms with E-state index in [0.29, 0.717) is 19.3 Å². The van der Waals surface area contributed by atoms with Crippen LogP contribution in [0.25, 0.3) is 0 Å². The lowest BCUT2D eigenvalue weighted by molar-refractivity contribution is -0.887. The van der Waals surface area contributed by atoms with Gasteiger partial charge in [0.05, 0.1) is 34.4 Å². The predicted octanol–water partition coefficient (Wildman–Crippen LogP) is 9.79. The molecular formula is C43H70NO7+. The van der Waals surface area contributed by atoms with E-state index in [1.807, 2.05) is 21.1 Å². The molecule has 0 radical (unpaired) electrons. The molecule has 2 unspecified atom stereocenters. The summed E-state index contributed by atoms with van der Waals surface area (Å²) in [6, 6.07) is -0.631. The van der Waals surface area contributed by atoms with Gasteiger partial charge in [-0.2, -0.15) is 0 Å². The Morgan fingerprint density at radius 2 is 1.06 bits per heavy atom. The summed E-state index contributed by atoms with van der Waals surface area (Å²) in [5.41, 5.74) is 0. The number of carbonyl (C=O) groups is 3. The molecule has 0 saturated carbocycles. The highest BCUT2D eigenvalue weighted by atomic mass is 16.6. The van der Waals surface area contributed by atoms with E-state index < -0.39 is 18.1 Å². The van der Waals surface area contributed by atoms with Crippen molar-refractivity contribution in [1.82, 2.24) is 0 Å². The van der Waals surface area contributed by atoms with Gasteiger partial charge in [0.1, 0.15) is 6.61 Å². The number of carboxylic acid groups (broad SMARTS) is 1. The first-order valence-electron chi connectivity index (χ1n) is 19.1. The summed E-state index contributed by atoms with van der Waals surface area (Å²) in [4.78, 5) is 36.7. The van der Waals surface area contributed by atoms with Gasteiger partial charge in [0.15, 0.2) is 12.1 Å². The molecule has 0 saturated heterocycles. The summed E-state index contributed by atoms with van der Waals surface area (Å²) >= 11 is 0. The summed E-state index contributed by atoms with van der Waals surface area (Å²) in [7, 11) is 5.47. The zero-order valence-corrected chi connectivity index (χ0v) is 32.5. The molecule has 0 heterocycles. The molecule has 1 N–H and O–H groups in total. The third-order valence-electron chi connectivity index (χ3n) is 7.79. The number of carbonyl (C=O) groups excluding carboxylic acids is 2. The van der Waals surface area contributed by atoms with Crippen LogP contribution in [0, 0.1) is 0 Å². The summed E-state index contributed by atoms with van der Waals surface area (Å²) in [5, 5.41) is 9.58. The number of aliphatic carboxylic acids is 1. The van der Waals surface area contributed by atoms with Gasteiger partial charge in [-0.3, -0.25) is 9.59 Å². The standard InChI is InChI=1S/C43H69NO7/c1-6-8-10-12-14-16-18-19-20-21-22-24-25-27-29-31-33-41(45)50-38-39(37-49-36-35-40(43(47)48)44(3,4)5)51-42(46)34-32-30-28-26-23-17-15-13-11-9-7-2/h8-11,14-17,19-20,22,24,26,28,39-40H,6-7,12-13,18,21,23,25,27,29-38H2,1-5H3/p+1/b10-8+,11-9+,16-14+,17-15+,20-19+,24-22+,28-26+. The van der Waals surface area contributed by atoms with Crippen LogP contribution in [-0.4, -0.2) is 80.6 Å². The SMILES string of the molecule is CC/C=C/C/C=C/C/C=C/C/C=C/CCCCCC(=O)OCC(COCCC(C(=O)O)[N+](C)(C)C)OC(=O)CCC/C=C/C/C=C/C/C=C/CC. The normalized spacial score (nSPS) is 14.0. The smallest absolute Gasteiger partial charge is 0.362 e. The van der Waals surface area contributed by atoms with Crippen LogP contribution in [0.3, 0.4) is 0 Å². The molecule has 51 heavy (non-hydrogen) atoms. The van der Waals surface area contributed by atoms with E-state index in [1.54, 1.807) is 0 Å². The summed E-state index contributed by atoms with van der Waals surface area (Å²) in [5.74, 6) is -1.60. The van der Waals surface area contributed by atoms with Crippen molar-refractivity contribution in [2.75, 3.05) is 41.0 Å². The van der Waals surface area contributed by atoms with Crippen LogP contribution in [0.4, 0.5) is 0 Å². The van der Waals surface area contributed by atoms with Gasteiger partial charge < -0.3 is 23.8 Å². The van der Waals surface area contributed by atoms with Gasteiger partial charge in [0, 0.05) is 19.3 Å². The Kier molecular flexibility index (Phi) is 31.3. The molecule has 0 aromatic carbocycles. The zero-order valence-electron chi connectivity index (χ0n) is 32.5. The van der Waals surface area contributed by atoms with Crippen LogP contribution in [0.1, 0.15) is 117 Å². The molecule has 2 atom stereocenters. The summed E-state index contributed by atoms with van der Waals surface area (Å²) in [6.45, 7) is 4.37. The monoisotopic (exact) mass is 713 g/mol. The highest BCUT2D eigenvalue weighted by Crippen LogP contribution is 2.11. The molecule has 0 aliphatic rings. The van der Waals surface area contributed by atoms with E-state index in [2.05, 4.69) is 98.9 Å². The number of hydrogen-bond acceptors (Lipinski definition) is 6. The Morgan fingerprint density at radius 1 is 0.588 bits per heavy atom. The van der Waals surface area contributed by atoms with Gasteiger partial charge in [-0.1, -0.05) is 105 Å². The van der Waals surface area contributed by atoms with Gasteiger partial charge in [-0.05, 0) is 77.0 Å². The van der Waals surface area contributed by atoms with Gasteiger partial charge in [0.25, 0.3) is 0 Å². The second kappa shape index (κ2) is 33.6. The second-order valence-corrected chi connectivity index (χ2v) is 13.4. The molecule has 0 aliphatic carbocycles. The quantitative estimate of drug-likeness (QED) is 0.0321. The minimum atomic E-state index is -0.893. The lowest BCUT2D eigenvalue weighted by Crippen LogP contribution is -2.50. The molecule has 288 valence electrons. The number of allylic oxidation sites excluding steroid dienone is 14. The fourth-order valence-electron chi connectivity index (χ4n) is 4.87. The Morgan fingerprint density at radius 3 is 1.55 bits per heavy atom. The van der Waals surface area contributed by atoms with E-state index >= 15 is 0 Å². The largest absolute Gasteiger partial charge is 0.477 e. The van der Waals surface area contributed by atoms with E-state index in [9.17, 15) is 19.5 Å². The molecule has 8 nitrogen and oxygen atoms in total. The van der Waals surface area contributed by atoms with E-state index in [1.165, 1.54) is 0 Å². The van der Waals surface area contributed by atoms with Crippen molar-refractivity contribution >= 4 is 17.9 Å². The number of carboxylic acids is 1. The Balaban J connectivity index is 4.54. The van der Waals surface area contributed by atoms with Crippen molar-refractivity contribution in [1.29, 1.82) is 0 Å². The third-order valence-corrected chi connectivity index (χ3v) is 7.79. The Bertz CT molecular complexity index is 1110. The number of ether oxygens (including phenoxy) is 3. The highest BCUT2D eigenvalue weighted by molar-refractivity contribution is 5.72. The predicted molar refractivity (Wildman–Crippen MR) is 210 cm³/mol. The number of rotatable bonds is 32. The van der Waals surface area contributed by atoms with Gasteiger partial charge in [-0.15, -0.1) is 0 Å². The molecular weight excluding hydrogens is 642 g/mol. The average Bonchev–Trinajstić information content (AvgIpc) is 3.08. The fraction of sp³-hybridized carbons (Fsp3) is 0.605. The van der Waals surface area contributed by atoms with Crippen molar-refractivity contribution < 1.29 is 38.2 Å². The van der Waals surface area contributed by atoms with Crippen molar-refractivity contribution in [3.63, 3.8) is 0 Å². The number of hydrogen-bond donors (Lipinski definition) is 1. The van der Waals surface area contributed by atoms with Crippen LogP contribution in [-0.2, 0) is 28.6 Å². The number of quaternary nitrogens is 1. The van der Waals surface area contributed by atoms with Crippen LogP contribution in [0.5, 0.6) is 0 Å². The van der Waals surface area contributed by atoms with Crippen molar-refractivity contribution in [2.45, 2.75) is 129 Å². The van der Waals surface area contributed by atoms with Crippen LogP contribution in [0.2, 0.25) is 0 Å². The number of nitrogens with zero attached hydrogens (tertiary/aromatic N) is 1. The second-order valence-electron chi connectivity index (χ2n) is 13.4. The Hall–Kier alpha value is -3.49. The van der Waals surface area contributed by atoms with Crippen LogP contribution in [0.15, 0.2) is 85.1 Å². The molecule has 0 bridgehead atoms. The molecule has 8 heteroatoms. The molecule has 0 spiro atoms. The number of unbranched alkanes of at least 4 members (excludes halogenated alkanes) is 4. The lowest BCUT2D eigenvalue weighted by atomic mass is 10.1. The molecule has 0 aromatic rings. The molecule has 0 fully saturated rings. The molecule has 0 rings (SSSR count). The molecule has 0 aliphatic heterocycles. The summed E-state index contributed by atoms with van der Waals surface area (Å²) < 4.78 is 17.1. The topological polar surface area (TPSA) is 99.1 Å². The van der Waals surface area contributed by atoms with Gasteiger partial charge >= 0.3 is 17.9 Å². The zero-order chi connectivity index (χ0) is 37.8. The third kappa shape index (κ3) is 32.2. The average molecular weight is 713 g/mol. The number of esters is 2. The first kappa shape index (κ1) is 47.5. The Labute approximate surface area is 310 Å². The van der Waals surface area contributed by atoms with Gasteiger partial charge in [-0.25, -0.2) is 4.79 Å². The minimum Gasteiger partial charge on any atom is -0.477 e. The van der Waals surface area contributed by atoms with E-state index in [-0.39, 0.29) is 42.7 Å². The highest BCUT2D eigenvalue weighted by Gasteiger charge is 2.31. The maximum absolute atomic E-state index is 12.6. The molecule has 0 aromatic heterocycles. The van der Waals surface area contributed by atoms with Crippen LogP contribution >= 0.6 is 0 Å². The van der Waals surface area contributed by atoms with Crippen molar-refractivity contribution in [3.8, 4) is 0 Å². The first-order valence-corrected chi connectivity index (χ1v) is 19.1. The van der Waals surface area contributed by atoms with E-state index in [0.717, 1.165) is 77.0 Å². The van der Waals surface area contributed by atoms with Crippen molar-refractivity contribution in [3.05, 3.63) is 85.1 Å². The summed E-state index contributed by atoms with van der Waals surface area (Å²) in [6.07, 6.45) is 42.1. The lowest BCUT2D eigenvalue weighted by Gasteiger charge is -2.31. The van der Waals surface area contributed by atoms with E-state index in [4.69, 9.17) is 14.2 Å².